The highest BCUT2D eigenvalue weighted by molar-refractivity contribution is 5.92. The molecule has 0 fully saturated rings. The lowest BCUT2D eigenvalue weighted by Crippen LogP contribution is -2.57. The maximum Gasteiger partial charge on any atom is 0.339 e. The van der Waals surface area contributed by atoms with Gasteiger partial charge in [0.25, 0.3) is 6.48 Å². The van der Waals surface area contributed by atoms with Gasteiger partial charge >= 0.3 is 11.9 Å². The lowest BCUT2D eigenvalue weighted by Gasteiger charge is -2.30. The van der Waals surface area contributed by atoms with E-state index in [0.717, 1.165) is 51.0 Å². The number of methoxy groups -OCH3 is 1. The Morgan fingerprint density at radius 1 is 0.909 bits per heavy atom. The van der Waals surface area contributed by atoms with E-state index in [1.807, 2.05) is 0 Å². The van der Waals surface area contributed by atoms with Crippen molar-refractivity contribution in [1.29, 1.82) is 0 Å². The van der Waals surface area contributed by atoms with Crippen molar-refractivity contribution in [2.75, 3.05) is 13.7 Å². The molecule has 1 aromatic rings. The molecule has 0 unspecified atom stereocenters. The lowest BCUT2D eigenvalue weighted by molar-refractivity contribution is -0.256. The number of carboxylic acid groups (broad SMARTS) is 2. The molecule has 1 rings (SSSR count). The summed E-state index contributed by atoms with van der Waals surface area (Å²) in [6, 6.07) is 5.01. The maximum atomic E-state index is 13.3. The predicted molar refractivity (Wildman–Crippen MR) is 162 cm³/mol. The standard InChI is InChI=1S/C32H49NO11/c1-3-4-5-8-11-14-24(34)15-12-9-6-7-10-13-16-26(32(42,30(38)39)22-44-31(40)41)28(35)33-27(29(36)37)21-23-17-19-25(43-2)20-18-23/h13,16-20,26-27,31,40-42H,3-12,14-15,21-22H2,1-2H3,(H,33,35)(H,36,37)(H,38,39)/b16-13+/t26-,27+,32+/m1/s1. The summed E-state index contributed by atoms with van der Waals surface area (Å²) < 4.78 is 9.60. The van der Waals surface area contributed by atoms with Crippen molar-refractivity contribution >= 4 is 23.6 Å². The molecule has 12 heteroatoms. The van der Waals surface area contributed by atoms with Crippen LogP contribution in [0.1, 0.15) is 89.5 Å². The van der Waals surface area contributed by atoms with Crippen molar-refractivity contribution in [3.63, 3.8) is 0 Å². The molecule has 0 saturated heterocycles. The number of nitrogens with one attached hydrogen (secondary N) is 1. The van der Waals surface area contributed by atoms with E-state index in [1.54, 1.807) is 24.3 Å². The van der Waals surface area contributed by atoms with Crippen molar-refractivity contribution in [3.8, 4) is 5.75 Å². The Labute approximate surface area is 259 Å². The van der Waals surface area contributed by atoms with Gasteiger partial charge in [-0.2, -0.15) is 0 Å². The minimum Gasteiger partial charge on any atom is -0.497 e. The molecular formula is C32H49NO11. The predicted octanol–water partition coefficient (Wildman–Crippen LogP) is 3.35. The van der Waals surface area contributed by atoms with Gasteiger partial charge in [0.1, 0.15) is 17.6 Å². The molecule has 0 radical (unpaired) electrons. The zero-order valence-electron chi connectivity index (χ0n) is 25.8. The molecule has 12 nitrogen and oxygen atoms in total. The number of Topliss-reactive ketones (excluding diaryl/α,β-unsaturated/α-hetero) is 1. The molecule has 0 spiro atoms. The normalized spacial score (nSPS) is 14.2. The number of unbranched alkanes of at least 4 members (excludes halogenated alkanes) is 8. The summed E-state index contributed by atoms with van der Waals surface area (Å²) in [7, 11) is 1.48. The topological polar surface area (TPSA) is 200 Å². The highest BCUT2D eigenvalue weighted by Gasteiger charge is 2.48. The van der Waals surface area contributed by atoms with Gasteiger partial charge < -0.3 is 40.3 Å². The molecule has 0 aliphatic carbocycles. The molecule has 0 aromatic heterocycles. The smallest absolute Gasteiger partial charge is 0.339 e. The van der Waals surface area contributed by atoms with Crippen LogP contribution in [0.5, 0.6) is 5.75 Å². The summed E-state index contributed by atoms with van der Waals surface area (Å²) >= 11 is 0. The van der Waals surface area contributed by atoms with E-state index in [-0.39, 0.29) is 12.2 Å². The highest BCUT2D eigenvalue weighted by Crippen LogP contribution is 2.23. The number of aliphatic hydroxyl groups excluding tert-OH is 1. The molecule has 44 heavy (non-hydrogen) atoms. The fourth-order valence-electron chi connectivity index (χ4n) is 4.63. The average molecular weight is 624 g/mol. The van der Waals surface area contributed by atoms with Gasteiger partial charge in [-0.15, -0.1) is 0 Å². The molecule has 0 bridgehead atoms. The first-order chi connectivity index (χ1) is 20.9. The van der Waals surface area contributed by atoms with Crippen LogP contribution in [0.25, 0.3) is 0 Å². The number of carboxylic acids is 2. The van der Waals surface area contributed by atoms with Gasteiger partial charge in [-0.05, 0) is 43.4 Å². The lowest BCUT2D eigenvalue weighted by atomic mass is 9.86. The van der Waals surface area contributed by atoms with Crippen LogP contribution in [0.15, 0.2) is 36.4 Å². The SMILES string of the molecule is CCCCCCCC(=O)CCCCCC/C=C/[C@H](C(=O)N[C@@H](Cc1ccc(OC)cc1)C(=O)O)[C@@](O)(COC(O)O)C(=O)O. The van der Waals surface area contributed by atoms with E-state index in [2.05, 4.69) is 17.0 Å². The third kappa shape index (κ3) is 14.9. The zero-order valence-corrected chi connectivity index (χ0v) is 25.8. The molecule has 1 aromatic carbocycles. The van der Waals surface area contributed by atoms with Gasteiger partial charge in [0.15, 0.2) is 0 Å². The number of hydrogen-bond donors (Lipinski definition) is 6. The van der Waals surface area contributed by atoms with E-state index in [0.29, 0.717) is 37.0 Å². The van der Waals surface area contributed by atoms with E-state index in [4.69, 9.17) is 14.9 Å². The summed E-state index contributed by atoms with van der Waals surface area (Å²) in [5.41, 5.74) is -2.39. The largest absolute Gasteiger partial charge is 0.497 e. The van der Waals surface area contributed by atoms with Gasteiger partial charge in [-0.1, -0.05) is 69.7 Å². The fraction of sp³-hybridized carbons (Fsp3) is 0.625. The van der Waals surface area contributed by atoms with Crippen molar-refractivity contribution in [1.82, 2.24) is 5.32 Å². The summed E-state index contributed by atoms with van der Waals surface area (Å²) in [6.45, 7) is -1.43. The van der Waals surface area contributed by atoms with Crippen molar-refractivity contribution < 1.29 is 54.2 Å². The number of rotatable bonds is 25. The number of ether oxygens (including phenoxy) is 2. The van der Waals surface area contributed by atoms with Crippen molar-refractivity contribution in [2.24, 2.45) is 5.92 Å². The average Bonchev–Trinajstić information content (AvgIpc) is 2.98. The number of hydrogen-bond acceptors (Lipinski definition) is 9. The van der Waals surface area contributed by atoms with Gasteiger partial charge in [-0.3, -0.25) is 9.59 Å². The second-order valence-corrected chi connectivity index (χ2v) is 10.9. The molecule has 0 aliphatic rings. The number of carbonyl (C=O) groups excluding carboxylic acids is 2. The van der Waals surface area contributed by atoms with Crippen molar-refractivity contribution in [3.05, 3.63) is 42.0 Å². The van der Waals surface area contributed by atoms with Crippen LogP contribution in [0.4, 0.5) is 0 Å². The van der Waals surface area contributed by atoms with Crippen LogP contribution in [-0.2, 0) is 30.3 Å². The highest BCUT2D eigenvalue weighted by atomic mass is 16.7. The van der Waals surface area contributed by atoms with Crippen LogP contribution in [0, 0.1) is 5.92 Å². The first-order valence-electron chi connectivity index (χ1n) is 15.2. The van der Waals surface area contributed by atoms with E-state index in [9.17, 15) is 34.5 Å². The summed E-state index contributed by atoms with van der Waals surface area (Å²) in [6.07, 6.45) is 12.7. The van der Waals surface area contributed by atoms with Gasteiger partial charge in [0, 0.05) is 19.3 Å². The minimum atomic E-state index is -2.94. The Morgan fingerprint density at radius 3 is 2.02 bits per heavy atom. The number of ketones is 1. The minimum absolute atomic E-state index is 0.139. The van der Waals surface area contributed by atoms with Crippen LogP contribution in [-0.4, -0.2) is 81.0 Å². The summed E-state index contributed by atoms with van der Waals surface area (Å²) in [4.78, 5) is 49.3. The molecule has 248 valence electrons. The van der Waals surface area contributed by atoms with Gasteiger partial charge in [0.05, 0.1) is 19.6 Å². The van der Waals surface area contributed by atoms with E-state index in [1.165, 1.54) is 19.6 Å². The second kappa shape index (κ2) is 21.4. The van der Waals surface area contributed by atoms with Gasteiger partial charge in [-0.25, -0.2) is 9.59 Å². The quantitative estimate of drug-likeness (QED) is 0.0530. The number of carbonyl (C=O) groups is 4. The number of aliphatic carboxylic acids is 2. The number of amides is 1. The number of aliphatic hydroxyl groups is 3. The van der Waals surface area contributed by atoms with Crippen LogP contribution < -0.4 is 10.1 Å². The first-order valence-corrected chi connectivity index (χ1v) is 15.2. The third-order valence-electron chi connectivity index (χ3n) is 7.30. The zero-order chi connectivity index (χ0) is 33.0. The third-order valence-corrected chi connectivity index (χ3v) is 7.30. The van der Waals surface area contributed by atoms with Crippen molar-refractivity contribution in [2.45, 2.75) is 109 Å². The Hall–Kier alpha value is -3.32. The fourth-order valence-corrected chi connectivity index (χ4v) is 4.63. The Bertz CT molecular complexity index is 1040. The van der Waals surface area contributed by atoms with Crippen LogP contribution >= 0.6 is 0 Å². The molecular weight excluding hydrogens is 574 g/mol. The first kappa shape index (κ1) is 38.7. The second-order valence-electron chi connectivity index (χ2n) is 10.9. The number of benzene rings is 1. The number of allylic oxidation sites excluding steroid dienone is 1. The molecule has 3 atom stereocenters. The van der Waals surface area contributed by atoms with Gasteiger partial charge in [0.2, 0.25) is 11.5 Å². The maximum absolute atomic E-state index is 13.3. The van der Waals surface area contributed by atoms with E-state index < -0.39 is 48.5 Å². The molecule has 0 heterocycles. The monoisotopic (exact) mass is 623 g/mol. The molecule has 0 saturated carbocycles. The summed E-state index contributed by atoms with van der Waals surface area (Å²) in [5, 5.41) is 50.9. The Balaban J connectivity index is 2.82. The van der Waals surface area contributed by atoms with Crippen LogP contribution in [0.3, 0.4) is 0 Å². The molecule has 6 N–H and O–H groups in total. The van der Waals surface area contributed by atoms with Crippen LogP contribution in [0.2, 0.25) is 0 Å². The van der Waals surface area contributed by atoms with E-state index >= 15 is 0 Å². The Morgan fingerprint density at radius 2 is 1.50 bits per heavy atom. The molecule has 1 amide bonds. The summed E-state index contributed by atoms with van der Waals surface area (Å²) in [5.74, 6) is -5.37. The Kier molecular flexibility index (Phi) is 18.8. The molecule has 0 aliphatic heterocycles.